The largest absolute Gasteiger partial charge is 0.493 e. The Hall–Kier alpha value is -1.89. The Morgan fingerprint density at radius 3 is 2.45 bits per heavy atom. The Bertz CT molecular complexity index is 467. The van der Waals surface area contributed by atoms with Gasteiger partial charge in [-0.3, -0.25) is 4.79 Å². The minimum atomic E-state index is -2.98. The van der Waals surface area contributed by atoms with Gasteiger partial charge in [-0.25, -0.2) is 0 Å². The fourth-order valence-corrected chi connectivity index (χ4v) is 1.47. The highest BCUT2D eigenvalue weighted by molar-refractivity contribution is 5.95. The van der Waals surface area contributed by atoms with Crippen LogP contribution in [-0.2, 0) is 4.79 Å². The van der Waals surface area contributed by atoms with Gasteiger partial charge in [-0.1, -0.05) is 13.8 Å². The molecule has 7 heteroatoms. The Morgan fingerprint density at radius 1 is 1.30 bits per heavy atom. The third-order valence-electron chi connectivity index (χ3n) is 2.67. The van der Waals surface area contributed by atoms with Gasteiger partial charge in [-0.05, 0) is 18.1 Å². The molecule has 0 aliphatic heterocycles. The maximum Gasteiger partial charge on any atom is 0.387 e. The summed E-state index contributed by atoms with van der Waals surface area (Å²) in [6.45, 7) is 0.639. The summed E-state index contributed by atoms with van der Waals surface area (Å²) in [5.41, 5.74) is 6.00. The van der Waals surface area contributed by atoms with Crippen molar-refractivity contribution < 1.29 is 23.0 Å². The summed E-state index contributed by atoms with van der Waals surface area (Å²) < 4.78 is 33.8. The predicted octanol–water partition coefficient (Wildman–Crippen LogP) is 2.22. The summed E-state index contributed by atoms with van der Waals surface area (Å²) >= 11 is 0. The molecular formula is C13H18F2N2O3. The predicted molar refractivity (Wildman–Crippen MR) is 71.1 cm³/mol. The minimum Gasteiger partial charge on any atom is -0.493 e. The smallest absolute Gasteiger partial charge is 0.387 e. The molecule has 0 aliphatic carbocycles. The van der Waals surface area contributed by atoms with Gasteiger partial charge in [-0.2, -0.15) is 8.78 Å². The third kappa shape index (κ3) is 4.34. The van der Waals surface area contributed by atoms with Crippen LogP contribution in [0, 0.1) is 5.92 Å². The van der Waals surface area contributed by atoms with Crippen LogP contribution in [0.15, 0.2) is 18.2 Å². The first-order valence-corrected chi connectivity index (χ1v) is 6.04. The second kappa shape index (κ2) is 7.04. The first kappa shape index (κ1) is 16.2. The van der Waals surface area contributed by atoms with Crippen LogP contribution in [0.3, 0.4) is 0 Å². The van der Waals surface area contributed by atoms with E-state index < -0.39 is 18.6 Å². The van der Waals surface area contributed by atoms with Gasteiger partial charge >= 0.3 is 6.61 Å². The molecule has 1 aromatic rings. The van der Waals surface area contributed by atoms with Gasteiger partial charge in [0.15, 0.2) is 11.5 Å². The van der Waals surface area contributed by atoms with Crippen molar-refractivity contribution in [1.82, 2.24) is 0 Å². The van der Waals surface area contributed by atoms with Crippen LogP contribution < -0.4 is 20.5 Å². The number of hydrogen-bond acceptors (Lipinski definition) is 4. The summed E-state index contributed by atoms with van der Waals surface area (Å²) in [6, 6.07) is 3.52. The number of ether oxygens (including phenoxy) is 2. The Balaban J connectivity index is 2.89. The SMILES string of the molecule is COc1ccc(NC(=O)[C@@H](N)C(C)C)cc1OC(F)F. The average Bonchev–Trinajstić information content (AvgIpc) is 2.37. The molecule has 0 fully saturated rings. The highest BCUT2D eigenvalue weighted by Crippen LogP contribution is 2.31. The molecule has 0 bridgehead atoms. The van der Waals surface area contributed by atoms with Crippen molar-refractivity contribution in [3.8, 4) is 11.5 Å². The van der Waals surface area contributed by atoms with Crippen LogP contribution in [0.2, 0.25) is 0 Å². The van der Waals surface area contributed by atoms with E-state index in [1.165, 1.54) is 25.3 Å². The van der Waals surface area contributed by atoms with E-state index in [1.54, 1.807) is 0 Å². The number of carbonyl (C=O) groups excluding carboxylic acids is 1. The number of nitrogens with one attached hydrogen (secondary N) is 1. The van der Waals surface area contributed by atoms with E-state index in [0.717, 1.165) is 0 Å². The van der Waals surface area contributed by atoms with Gasteiger partial charge in [-0.15, -0.1) is 0 Å². The molecule has 1 amide bonds. The van der Waals surface area contributed by atoms with E-state index in [0.29, 0.717) is 5.69 Å². The van der Waals surface area contributed by atoms with E-state index in [9.17, 15) is 13.6 Å². The van der Waals surface area contributed by atoms with Crippen molar-refractivity contribution in [1.29, 1.82) is 0 Å². The zero-order chi connectivity index (χ0) is 15.3. The third-order valence-corrected chi connectivity index (χ3v) is 2.67. The van der Waals surface area contributed by atoms with E-state index in [2.05, 4.69) is 10.1 Å². The maximum atomic E-state index is 12.3. The number of amides is 1. The summed E-state index contributed by atoms with van der Waals surface area (Å²) in [5.74, 6) is -0.437. The molecule has 0 saturated carbocycles. The number of nitrogens with two attached hydrogens (primary N) is 1. The molecule has 0 radical (unpaired) electrons. The van der Waals surface area contributed by atoms with Crippen molar-refractivity contribution in [2.24, 2.45) is 11.7 Å². The second-order valence-electron chi connectivity index (χ2n) is 4.50. The lowest BCUT2D eigenvalue weighted by molar-refractivity contribution is -0.118. The Morgan fingerprint density at radius 2 is 1.95 bits per heavy atom. The van der Waals surface area contributed by atoms with Crippen LogP contribution in [-0.4, -0.2) is 25.7 Å². The molecule has 5 nitrogen and oxygen atoms in total. The van der Waals surface area contributed by atoms with Gasteiger partial charge < -0.3 is 20.5 Å². The van der Waals surface area contributed by atoms with Crippen molar-refractivity contribution in [2.75, 3.05) is 12.4 Å². The summed E-state index contributed by atoms with van der Waals surface area (Å²) in [6.07, 6.45) is 0. The Kier molecular flexibility index (Phi) is 5.69. The molecule has 0 saturated heterocycles. The lowest BCUT2D eigenvalue weighted by atomic mass is 10.0. The number of rotatable bonds is 6. The second-order valence-corrected chi connectivity index (χ2v) is 4.50. The van der Waals surface area contributed by atoms with Crippen molar-refractivity contribution in [2.45, 2.75) is 26.5 Å². The van der Waals surface area contributed by atoms with Gasteiger partial charge in [0.2, 0.25) is 5.91 Å². The van der Waals surface area contributed by atoms with Crippen LogP contribution in [0.1, 0.15) is 13.8 Å². The number of anilines is 1. The van der Waals surface area contributed by atoms with E-state index >= 15 is 0 Å². The number of benzene rings is 1. The van der Waals surface area contributed by atoms with Gasteiger partial charge in [0.25, 0.3) is 0 Å². The van der Waals surface area contributed by atoms with E-state index in [4.69, 9.17) is 10.5 Å². The molecule has 0 aliphatic rings. The summed E-state index contributed by atoms with van der Waals surface area (Å²) in [7, 11) is 1.33. The molecular weight excluding hydrogens is 270 g/mol. The van der Waals surface area contributed by atoms with Gasteiger partial charge in [0, 0.05) is 11.8 Å². The number of carbonyl (C=O) groups is 1. The highest BCUT2D eigenvalue weighted by atomic mass is 19.3. The lowest BCUT2D eigenvalue weighted by Gasteiger charge is -2.16. The number of halogens is 2. The molecule has 0 heterocycles. The summed E-state index contributed by atoms with van der Waals surface area (Å²) in [4.78, 5) is 11.8. The van der Waals surface area contributed by atoms with Crippen molar-refractivity contribution in [3.63, 3.8) is 0 Å². The minimum absolute atomic E-state index is 0.0370. The van der Waals surface area contributed by atoms with Crippen molar-refractivity contribution >= 4 is 11.6 Å². The summed E-state index contributed by atoms with van der Waals surface area (Å²) in [5, 5.41) is 2.54. The topological polar surface area (TPSA) is 73.6 Å². The zero-order valence-electron chi connectivity index (χ0n) is 11.5. The molecule has 112 valence electrons. The monoisotopic (exact) mass is 288 g/mol. The molecule has 1 rings (SSSR count). The molecule has 20 heavy (non-hydrogen) atoms. The van der Waals surface area contributed by atoms with Crippen LogP contribution in [0.5, 0.6) is 11.5 Å². The van der Waals surface area contributed by atoms with E-state index in [1.807, 2.05) is 13.8 Å². The van der Waals surface area contributed by atoms with Crippen LogP contribution in [0.25, 0.3) is 0 Å². The number of methoxy groups -OCH3 is 1. The van der Waals surface area contributed by atoms with E-state index in [-0.39, 0.29) is 17.4 Å². The first-order valence-electron chi connectivity index (χ1n) is 6.04. The zero-order valence-corrected chi connectivity index (χ0v) is 11.5. The molecule has 3 N–H and O–H groups in total. The van der Waals surface area contributed by atoms with Gasteiger partial charge in [0.1, 0.15) is 0 Å². The van der Waals surface area contributed by atoms with Gasteiger partial charge in [0.05, 0.1) is 13.2 Å². The quantitative estimate of drug-likeness (QED) is 0.841. The highest BCUT2D eigenvalue weighted by Gasteiger charge is 2.18. The number of hydrogen-bond donors (Lipinski definition) is 2. The molecule has 0 spiro atoms. The molecule has 0 unspecified atom stereocenters. The Labute approximate surface area is 116 Å². The number of alkyl halides is 2. The van der Waals surface area contributed by atoms with Crippen LogP contribution in [0.4, 0.5) is 14.5 Å². The maximum absolute atomic E-state index is 12.3. The lowest BCUT2D eigenvalue weighted by Crippen LogP contribution is -2.39. The van der Waals surface area contributed by atoms with Crippen LogP contribution >= 0.6 is 0 Å². The fourth-order valence-electron chi connectivity index (χ4n) is 1.47. The average molecular weight is 288 g/mol. The molecule has 0 aromatic heterocycles. The normalized spacial score (nSPS) is 12.4. The molecule has 1 atom stereocenters. The van der Waals surface area contributed by atoms with Crippen molar-refractivity contribution in [3.05, 3.63) is 18.2 Å². The first-order chi connectivity index (χ1) is 9.35. The molecule has 1 aromatic carbocycles. The fraction of sp³-hybridized carbons (Fsp3) is 0.462. The standard InChI is InChI=1S/C13H18F2N2O3/c1-7(2)11(16)12(18)17-8-4-5-9(19-3)10(6-8)20-13(14)15/h4-7,11,13H,16H2,1-3H3,(H,17,18)/t11-/m0/s1.